The molecule has 1 aromatic carbocycles. The second-order valence-electron chi connectivity index (χ2n) is 5.17. The molecule has 1 amide bonds. The highest BCUT2D eigenvalue weighted by molar-refractivity contribution is 5.88. The number of benzene rings is 1. The summed E-state index contributed by atoms with van der Waals surface area (Å²) in [6.07, 6.45) is 1.80. The van der Waals surface area contributed by atoms with Crippen molar-refractivity contribution in [1.29, 1.82) is 0 Å². The van der Waals surface area contributed by atoms with E-state index in [0.29, 0.717) is 19.0 Å². The summed E-state index contributed by atoms with van der Waals surface area (Å²) in [5, 5.41) is 15.8. The minimum atomic E-state index is -0.376. The largest absolute Gasteiger partial charge is 0.391 e. The second kappa shape index (κ2) is 4.61. The van der Waals surface area contributed by atoms with Crippen LogP contribution < -0.4 is 10.6 Å². The Balaban J connectivity index is 1.60. The lowest BCUT2D eigenvalue weighted by Gasteiger charge is -2.14. The van der Waals surface area contributed by atoms with Crippen LogP contribution in [-0.2, 0) is 4.79 Å². The summed E-state index contributed by atoms with van der Waals surface area (Å²) in [7, 11) is 0. The van der Waals surface area contributed by atoms with Crippen LogP contribution in [0.1, 0.15) is 24.3 Å². The number of hydrogen-bond donors (Lipinski definition) is 3. The molecule has 1 aliphatic carbocycles. The van der Waals surface area contributed by atoms with Crippen LogP contribution in [0.15, 0.2) is 24.3 Å². The smallest absolute Gasteiger partial charge is 0.229 e. The van der Waals surface area contributed by atoms with E-state index >= 15 is 0 Å². The standard InChI is InChI=1S/C14H18N2O2/c17-13(9-5-6-9)8-16-14(18)11-7-15-12-4-2-1-3-10(11)12/h1-4,9,11,13,15,17H,5-8H2,(H,16,18). The third-order valence-corrected chi connectivity index (χ3v) is 3.80. The summed E-state index contributed by atoms with van der Waals surface area (Å²) in [6, 6.07) is 7.88. The van der Waals surface area contributed by atoms with E-state index in [2.05, 4.69) is 10.6 Å². The maximum absolute atomic E-state index is 12.1. The number of hydrogen-bond acceptors (Lipinski definition) is 3. The van der Waals surface area contributed by atoms with E-state index in [4.69, 9.17) is 0 Å². The number of anilines is 1. The molecule has 2 aliphatic rings. The molecule has 0 aromatic heterocycles. The maximum atomic E-state index is 12.1. The van der Waals surface area contributed by atoms with Crippen LogP contribution in [0.3, 0.4) is 0 Å². The Bertz CT molecular complexity index is 457. The first-order chi connectivity index (χ1) is 8.75. The van der Waals surface area contributed by atoms with E-state index in [9.17, 15) is 9.90 Å². The average Bonchev–Trinajstić information content (AvgIpc) is 3.15. The predicted molar refractivity (Wildman–Crippen MR) is 69.4 cm³/mol. The van der Waals surface area contributed by atoms with Gasteiger partial charge >= 0.3 is 0 Å². The quantitative estimate of drug-likeness (QED) is 0.745. The minimum Gasteiger partial charge on any atom is -0.391 e. The number of amides is 1. The van der Waals surface area contributed by atoms with E-state index in [1.807, 2.05) is 24.3 Å². The molecule has 96 valence electrons. The summed E-state index contributed by atoms with van der Waals surface area (Å²) in [5.41, 5.74) is 2.09. The van der Waals surface area contributed by atoms with Crippen LogP contribution in [-0.4, -0.2) is 30.2 Å². The van der Waals surface area contributed by atoms with Crippen molar-refractivity contribution in [1.82, 2.24) is 5.32 Å². The molecule has 18 heavy (non-hydrogen) atoms. The monoisotopic (exact) mass is 246 g/mol. The molecule has 1 fully saturated rings. The van der Waals surface area contributed by atoms with Crippen molar-refractivity contribution in [2.45, 2.75) is 24.9 Å². The fourth-order valence-corrected chi connectivity index (χ4v) is 2.49. The summed E-state index contributed by atoms with van der Waals surface area (Å²) >= 11 is 0. The number of aliphatic hydroxyl groups excluding tert-OH is 1. The van der Waals surface area contributed by atoms with Gasteiger partial charge in [0, 0.05) is 18.8 Å². The van der Waals surface area contributed by atoms with Crippen molar-refractivity contribution in [2.75, 3.05) is 18.4 Å². The number of fused-ring (bicyclic) bond motifs is 1. The summed E-state index contributed by atoms with van der Waals surface area (Å²) in [4.78, 5) is 12.1. The Labute approximate surface area is 106 Å². The number of carbonyl (C=O) groups is 1. The maximum Gasteiger partial charge on any atom is 0.229 e. The van der Waals surface area contributed by atoms with Crippen molar-refractivity contribution in [2.24, 2.45) is 5.92 Å². The SMILES string of the molecule is O=C(NCC(O)C1CC1)C1CNc2ccccc21. The zero-order chi connectivity index (χ0) is 12.5. The van der Waals surface area contributed by atoms with Gasteiger partial charge in [-0.3, -0.25) is 4.79 Å². The van der Waals surface area contributed by atoms with E-state index in [1.165, 1.54) is 0 Å². The number of aliphatic hydroxyl groups is 1. The van der Waals surface area contributed by atoms with E-state index in [1.54, 1.807) is 0 Å². The van der Waals surface area contributed by atoms with Gasteiger partial charge < -0.3 is 15.7 Å². The van der Waals surface area contributed by atoms with Crippen molar-refractivity contribution in [3.05, 3.63) is 29.8 Å². The Kier molecular flexibility index (Phi) is 2.96. The molecule has 2 unspecified atom stereocenters. The van der Waals surface area contributed by atoms with Gasteiger partial charge in [0.15, 0.2) is 0 Å². The van der Waals surface area contributed by atoms with Crippen LogP contribution >= 0.6 is 0 Å². The Morgan fingerprint density at radius 2 is 2.22 bits per heavy atom. The molecule has 3 N–H and O–H groups in total. The summed E-state index contributed by atoms with van der Waals surface area (Å²) < 4.78 is 0. The van der Waals surface area contributed by atoms with Crippen molar-refractivity contribution in [3.63, 3.8) is 0 Å². The number of rotatable bonds is 4. The molecule has 0 spiro atoms. The van der Waals surface area contributed by atoms with E-state index in [-0.39, 0.29) is 17.9 Å². The van der Waals surface area contributed by atoms with Gasteiger partial charge in [0.1, 0.15) is 0 Å². The molecule has 4 heteroatoms. The Hall–Kier alpha value is -1.55. The molecule has 0 saturated heterocycles. The van der Waals surface area contributed by atoms with Crippen molar-refractivity contribution >= 4 is 11.6 Å². The molecule has 4 nitrogen and oxygen atoms in total. The molecule has 0 radical (unpaired) electrons. The van der Waals surface area contributed by atoms with Gasteiger partial charge in [0.2, 0.25) is 5.91 Å². The molecule has 1 aliphatic heterocycles. The highest BCUT2D eigenvalue weighted by Gasteiger charge is 2.32. The number of carbonyl (C=O) groups excluding carboxylic acids is 1. The highest BCUT2D eigenvalue weighted by Crippen LogP contribution is 2.33. The summed E-state index contributed by atoms with van der Waals surface area (Å²) in [6.45, 7) is 1.02. The molecule has 3 rings (SSSR count). The van der Waals surface area contributed by atoms with Crippen LogP contribution in [0.25, 0.3) is 0 Å². The van der Waals surface area contributed by atoms with Crippen LogP contribution in [0.4, 0.5) is 5.69 Å². The lowest BCUT2D eigenvalue weighted by Crippen LogP contribution is -2.36. The highest BCUT2D eigenvalue weighted by atomic mass is 16.3. The van der Waals surface area contributed by atoms with Crippen LogP contribution in [0, 0.1) is 5.92 Å². The second-order valence-corrected chi connectivity index (χ2v) is 5.17. The fraction of sp³-hybridized carbons (Fsp3) is 0.500. The van der Waals surface area contributed by atoms with Gasteiger partial charge in [0.25, 0.3) is 0 Å². The van der Waals surface area contributed by atoms with Gasteiger partial charge in [-0.05, 0) is 30.4 Å². The topological polar surface area (TPSA) is 61.4 Å². The average molecular weight is 246 g/mol. The molecule has 1 heterocycles. The fourth-order valence-electron chi connectivity index (χ4n) is 2.49. The number of nitrogens with one attached hydrogen (secondary N) is 2. The van der Waals surface area contributed by atoms with Gasteiger partial charge in [-0.2, -0.15) is 0 Å². The van der Waals surface area contributed by atoms with Crippen molar-refractivity contribution < 1.29 is 9.90 Å². The van der Waals surface area contributed by atoms with Gasteiger partial charge in [0.05, 0.1) is 12.0 Å². The molecule has 1 saturated carbocycles. The first-order valence-corrected chi connectivity index (χ1v) is 6.54. The third-order valence-electron chi connectivity index (χ3n) is 3.80. The molecular formula is C14H18N2O2. The van der Waals surface area contributed by atoms with Crippen LogP contribution in [0.2, 0.25) is 0 Å². The van der Waals surface area contributed by atoms with Crippen molar-refractivity contribution in [3.8, 4) is 0 Å². The lowest BCUT2D eigenvalue weighted by atomic mass is 10.0. The molecule has 0 bridgehead atoms. The number of para-hydroxylation sites is 1. The first-order valence-electron chi connectivity index (χ1n) is 6.54. The van der Waals surface area contributed by atoms with Crippen LogP contribution in [0.5, 0.6) is 0 Å². The minimum absolute atomic E-state index is 0.00662. The summed E-state index contributed by atoms with van der Waals surface area (Å²) in [5.74, 6) is 0.277. The van der Waals surface area contributed by atoms with Gasteiger partial charge in [-0.15, -0.1) is 0 Å². The molecular weight excluding hydrogens is 228 g/mol. The zero-order valence-corrected chi connectivity index (χ0v) is 10.2. The van der Waals surface area contributed by atoms with E-state index in [0.717, 1.165) is 24.1 Å². The zero-order valence-electron chi connectivity index (χ0n) is 10.2. The molecule has 2 atom stereocenters. The predicted octanol–water partition coefficient (Wildman–Crippen LogP) is 1.08. The van der Waals surface area contributed by atoms with Gasteiger partial charge in [-0.1, -0.05) is 18.2 Å². The normalized spacial score (nSPS) is 23.1. The Morgan fingerprint density at radius 3 is 3.00 bits per heavy atom. The third kappa shape index (κ3) is 2.20. The molecule has 1 aromatic rings. The van der Waals surface area contributed by atoms with E-state index < -0.39 is 0 Å². The Morgan fingerprint density at radius 1 is 1.44 bits per heavy atom. The first kappa shape index (κ1) is 11.5. The van der Waals surface area contributed by atoms with Gasteiger partial charge in [-0.25, -0.2) is 0 Å². The lowest BCUT2D eigenvalue weighted by molar-refractivity contribution is -0.122.